The van der Waals surface area contributed by atoms with Gasteiger partial charge in [-0.2, -0.15) is 0 Å². The summed E-state index contributed by atoms with van der Waals surface area (Å²) in [4.78, 5) is 14.3. The van der Waals surface area contributed by atoms with Crippen LogP contribution in [0, 0.1) is 11.8 Å². The van der Waals surface area contributed by atoms with Crippen LogP contribution in [0.3, 0.4) is 0 Å². The predicted molar refractivity (Wildman–Crippen MR) is 76.2 cm³/mol. The van der Waals surface area contributed by atoms with Gasteiger partial charge in [0.1, 0.15) is 5.75 Å². The number of amides is 1. The molecular weight excluding hydrogens is 238 g/mol. The molecule has 1 aliphatic heterocycles. The van der Waals surface area contributed by atoms with E-state index in [-0.39, 0.29) is 11.7 Å². The average Bonchev–Trinajstić information content (AvgIpc) is 2.64. The molecule has 0 bridgehead atoms. The first-order valence-electron chi connectivity index (χ1n) is 7.16. The smallest absolute Gasteiger partial charge is 0.253 e. The third-order valence-corrected chi connectivity index (χ3v) is 4.12. The topological polar surface area (TPSA) is 40.5 Å². The minimum atomic E-state index is 0.0874. The van der Waals surface area contributed by atoms with E-state index in [1.165, 1.54) is 6.42 Å². The van der Waals surface area contributed by atoms with Gasteiger partial charge in [-0.25, -0.2) is 0 Å². The van der Waals surface area contributed by atoms with E-state index in [4.69, 9.17) is 0 Å². The third kappa shape index (κ3) is 3.49. The Hall–Kier alpha value is -1.51. The van der Waals surface area contributed by atoms with Crippen LogP contribution in [-0.2, 0) is 0 Å². The standard InChI is InChI=1S/C16H23NO2/c1-12(2)13-4-3-10-17(11-9-13)16(19)14-5-7-15(18)8-6-14/h5-8,12-13,18H,3-4,9-11H2,1-2H3. The zero-order valence-corrected chi connectivity index (χ0v) is 11.8. The molecule has 1 amide bonds. The second kappa shape index (κ2) is 6.09. The summed E-state index contributed by atoms with van der Waals surface area (Å²) in [6.45, 7) is 6.23. The van der Waals surface area contributed by atoms with Crippen LogP contribution >= 0.6 is 0 Å². The Bertz CT molecular complexity index is 425. The Morgan fingerprint density at radius 1 is 1.21 bits per heavy atom. The molecular formula is C16H23NO2. The highest BCUT2D eigenvalue weighted by Crippen LogP contribution is 2.25. The average molecular weight is 261 g/mol. The number of rotatable bonds is 2. The molecule has 0 aliphatic carbocycles. The van der Waals surface area contributed by atoms with Crippen molar-refractivity contribution in [2.45, 2.75) is 33.1 Å². The summed E-state index contributed by atoms with van der Waals surface area (Å²) in [7, 11) is 0. The quantitative estimate of drug-likeness (QED) is 0.887. The lowest BCUT2D eigenvalue weighted by molar-refractivity contribution is 0.0759. The zero-order valence-electron chi connectivity index (χ0n) is 11.8. The van der Waals surface area contributed by atoms with Gasteiger partial charge in [-0.1, -0.05) is 13.8 Å². The molecule has 1 atom stereocenters. The van der Waals surface area contributed by atoms with Crippen LogP contribution in [0.5, 0.6) is 5.75 Å². The fourth-order valence-electron chi connectivity index (χ4n) is 2.78. The summed E-state index contributed by atoms with van der Waals surface area (Å²) in [6, 6.07) is 6.54. The van der Waals surface area contributed by atoms with E-state index in [1.807, 2.05) is 4.90 Å². The molecule has 3 nitrogen and oxygen atoms in total. The van der Waals surface area contributed by atoms with Crippen molar-refractivity contribution < 1.29 is 9.90 Å². The Morgan fingerprint density at radius 2 is 1.89 bits per heavy atom. The number of hydrogen-bond donors (Lipinski definition) is 1. The van der Waals surface area contributed by atoms with Crippen molar-refractivity contribution in [1.82, 2.24) is 4.90 Å². The maximum absolute atomic E-state index is 12.4. The molecule has 0 radical (unpaired) electrons. The van der Waals surface area contributed by atoms with Crippen LogP contribution in [-0.4, -0.2) is 29.0 Å². The normalized spacial score (nSPS) is 20.4. The van der Waals surface area contributed by atoms with Crippen LogP contribution < -0.4 is 0 Å². The molecule has 0 aromatic heterocycles. The maximum Gasteiger partial charge on any atom is 0.253 e. The number of carbonyl (C=O) groups is 1. The number of phenolic OH excluding ortho intramolecular Hbond substituents is 1. The number of likely N-dealkylation sites (tertiary alicyclic amines) is 1. The molecule has 1 unspecified atom stereocenters. The number of carbonyl (C=O) groups excluding carboxylic acids is 1. The Labute approximate surface area is 115 Å². The molecule has 104 valence electrons. The number of hydrogen-bond acceptors (Lipinski definition) is 2. The van der Waals surface area contributed by atoms with Gasteiger partial charge in [0.05, 0.1) is 0 Å². The highest BCUT2D eigenvalue weighted by molar-refractivity contribution is 5.94. The summed E-state index contributed by atoms with van der Waals surface area (Å²) < 4.78 is 0. The van der Waals surface area contributed by atoms with Gasteiger partial charge in [0, 0.05) is 18.7 Å². The van der Waals surface area contributed by atoms with Gasteiger partial charge < -0.3 is 10.0 Å². The fraction of sp³-hybridized carbons (Fsp3) is 0.562. The van der Waals surface area contributed by atoms with Crippen LogP contribution in [0.15, 0.2) is 24.3 Å². The highest BCUT2D eigenvalue weighted by atomic mass is 16.3. The van der Waals surface area contributed by atoms with Gasteiger partial charge in [0.15, 0.2) is 0 Å². The van der Waals surface area contributed by atoms with Crippen molar-refractivity contribution in [2.24, 2.45) is 11.8 Å². The van der Waals surface area contributed by atoms with Gasteiger partial charge >= 0.3 is 0 Å². The Kier molecular flexibility index (Phi) is 4.46. The molecule has 3 heteroatoms. The summed E-state index contributed by atoms with van der Waals surface area (Å²) >= 11 is 0. The number of nitrogens with zero attached hydrogens (tertiary/aromatic N) is 1. The first kappa shape index (κ1) is 13.9. The van der Waals surface area contributed by atoms with Crippen molar-refractivity contribution in [3.63, 3.8) is 0 Å². The monoisotopic (exact) mass is 261 g/mol. The van der Waals surface area contributed by atoms with Gasteiger partial charge in [-0.15, -0.1) is 0 Å². The fourth-order valence-corrected chi connectivity index (χ4v) is 2.78. The molecule has 1 heterocycles. The van der Waals surface area contributed by atoms with E-state index in [2.05, 4.69) is 13.8 Å². The highest BCUT2D eigenvalue weighted by Gasteiger charge is 2.22. The minimum Gasteiger partial charge on any atom is -0.508 e. The van der Waals surface area contributed by atoms with Crippen LogP contribution in [0.4, 0.5) is 0 Å². The number of benzene rings is 1. The van der Waals surface area contributed by atoms with Gasteiger partial charge in [0.2, 0.25) is 0 Å². The number of aromatic hydroxyl groups is 1. The van der Waals surface area contributed by atoms with Crippen LogP contribution in [0.1, 0.15) is 43.5 Å². The zero-order chi connectivity index (χ0) is 13.8. The summed E-state index contributed by atoms with van der Waals surface area (Å²) in [5, 5.41) is 9.26. The first-order chi connectivity index (χ1) is 9.08. The lowest BCUT2D eigenvalue weighted by Gasteiger charge is -2.21. The number of phenols is 1. The lowest BCUT2D eigenvalue weighted by atomic mass is 9.89. The third-order valence-electron chi connectivity index (χ3n) is 4.12. The predicted octanol–water partition coefficient (Wildman–Crippen LogP) is 3.29. The van der Waals surface area contributed by atoms with Gasteiger partial charge in [-0.3, -0.25) is 4.79 Å². The minimum absolute atomic E-state index is 0.0874. The molecule has 1 aliphatic rings. The van der Waals surface area contributed by atoms with E-state index in [0.717, 1.165) is 31.8 Å². The molecule has 1 fully saturated rings. The molecule has 2 rings (SSSR count). The van der Waals surface area contributed by atoms with Gasteiger partial charge in [-0.05, 0) is 55.4 Å². The Balaban J connectivity index is 2.02. The molecule has 0 spiro atoms. The van der Waals surface area contributed by atoms with E-state index in [0.29, 0.717) is 11.5 Å². The Morgan fingerprint density at radius 3 is 2.53 bits per heavy atom. The van der Waals surface area contributed by atoms with E-state index in [1.54, 1.807) is 24.3 Å². The maximum atomic E-state index is 12.4. The van der Waals surface area contributed by atoms with Crippen molar-refractivity contribution in [1.29, 1.82) is 0 Å². The molecule has 1 aromatic carbocycles. The molecule has 0 saturated carbocycles. The van der Waals surface area contributed by atoms with Crippen molar-refractivity contribution in [3.05, 3.63) is 29.8 Å². The summed E-state index contributed by atoms with van der Waals surface area (Å²) in [5.74, 6) is 1.72. The van der Waals surface area contributed by atoms with Crippen molar-refractivity contribution >= 4 is 5.91 Å². The van der Waals surface area contributed by atoms with Crippen LogP contribution in [0.2, 0.25) is 0 Å². The van der Waals surface area contributed by atoms with E-state index in [9.17, 15) is 9.90 Å². The van der Waals surface area contributed by atoms with Crippen molar-refractivity contribution in [3.8, 4) is 5.75 Å². The molecule has 1 N–H and O–H groups in total. The molecule has 19 heavy (non-hydrogen) atoms. The van der Waals surface area contributed by atoms with Gasteiger partial charge in [0.25, 0.3) is 5.91 Å². The molecule has 1 aromatic rings. The summed E-state index contributed by atoms with van der Waals surface area (Å²) in [6.07, 6.45) is 3.41. The summed E-state index contributed by atoms with van der Waals surface area (Å²) in [5.41, 5.74) is 0.667. The first-order valence-corrected chi connectivity index (χ1v) is 7.16. The second-order valence-corrected chi connectivity index (χ2v) is 5.77. The SMILES string of the molecule is CC(C)C1CCCN(C(=O)c2ccc(O)cc2)CC1. The second-order valence-electron chi connectivity index (χ2n) is 5.77. The van der Waals surface area contributed by atoms with Crippen LogP contribution in [0.25, 0.3) is 0 Å². The molecule has 1 saturated heterocycles. The van der Waals surface area contributed by atoms with E-state index >= 15 is 0 Å². The largest absolute Gasteiger partial charge is 0.508 e. The lowest BCUT2D eigenvalue weighted by Crippen LogP contribution is -2.32. The van der Waals surface area contributed by atoms with E-state index < -0.39 is 0 Å². The van der Waals surface area contributed by atoms with Crippen molar-refractivity contribution in [2.75, 3.05) is 13.1 Å².